The van der Waals surface area contributed by atoms with Crippen LogP contribution in [-0.4, -0.2) is 35.9 Å². The van der Waals surface area contributed by atoms with Crippen LogP contribution in [0.15, 0.2) is 0 Å². The Bertz CT molecular complexity index is 424. The standard InChI is InChI=1S/C12H25N2O7P/c1-5-7-8-9-11(10-13(15)16)12(6-2,14(17)18)22(19,20-3)21-4/h11H,5-10H2,1-4H3/t11-,12+/m1/s1. The Hall–Kier alpha value is -1.05. The highest BCUT2D eigenvalue weighted by Crippen LogP contribution is 2.64. The summed E-state index contributed by atoms with van der Waals surface area (Å²) in [5.41, 5.74) is 0. The second kappa shape index (κ2) is 9.17. The van der Waals surface area contributed by atoms with Gasteiger partial charge >= 0.3 is 12.9 Å². The molecule has 0 saturated carbocycles. The van der Waals surface area contributed by atoms with Crippen molar-refractivity contribution in [3.05, 3.63) is 20.2 Å². The molecule has 0 unspecified atom stereocenters. The fraction of sp³-hybridized carbons (Fsp3) is 1.00. The first kappa shape index (κ1) is 20.9. The van der Waals surface area contributed by atoms with Crippen LogP contribution in [0, 0.1) is 26.1 Å². The van der Waals surface area contributed by atoms with Crippen molar-refractivity contribution in [2.45, 2.75) is 51.2 Å². The highest BCUT2D eigenvalue weighted by atomic mass is 31.2. The summed E-state index contributed by atoms with van der Waals surface area (Å²) >= 11 is 0. The van der Waals surface area contributed by atoms with Gasteiger partial charge in [0.05, 0.1) is 0 Å². The summed E-state index contributed by atoms with van der Waals surface area (Å²) in [5, 5.41) is 20.6. The van der Waals surface area contributed by atoms with Crippen LogP contribution in [0.5, 0.6) is 0 Å². The largest absolute Gasteiger partial charge is 0.406 e. The van der Waals surface area contributed by atoms with Crippen LogP contribution in [0.3, 0.4) is 0 Å². The van der Waals surface area contributed by atoms with Gasteiger partial charge in [-0.05, 0) is 6.42 Å². The number of nitrogens with zero attached hydrogens (tertiary/aromatic N) is 2. The summed E-state index contributed by atoms with van der Waals surface area (Å²) in [7, 11) is -2.02. The quantitative estimate of drug-likeness (QED) is 0.231. The molecule has 2 atom stereocenters. The molecule has 0 radical (unpaired) electrons. The Morgan fingerprint density at radius 3 is 2.00 bits per heavy atom. The molecule has 0 aromatic rings. The van der Waals surface area contributed by atoms with Gasteiger partial charge in [-0.3, -0.25) is 24.8 Å². The highest BCUT2D eigenvalue weighted by molar-refractivity contribution is 7.55. The summed E-state index contributed by atoms with van der Waals surface area (Å²) in [5.74, 6) is -1.03. The van der Waals surface area contributed by atoms with Crippen LogP contribution in [0.1, 0.15) is 46.0 Å². The van der Waals surface area contributed by atoms with Crippen molar-refractivity contribution in [3.8, 4) is 0 Å². The fourth-order valence-electron chi connectivity index (χ4n) is 2.76. The Balaban J connectivity index is 5.88. The molecule has 0 heterocycles. The SMILES string of the molecule is CCCCC[C@H](C[N+](=O)[O-])[C@@](CC)([N+](=O)[O-])P(=O)(OC)OC. The van der Waals surface area contributed by atoms with Crippen LogP contribution in [0.2, 0.25) is 0 Å². The number of hydrogen-bond acceptors (Lipinski definition) is 7. The molecule has 0 saturated heterocycles. The van der Waals surface area contributed by atoms with Gasteiger partial charge in [-0.25, -0.2) is 0 Å². The lowest BCUT2D eigenvalue weighted by atomic mass is 9.91. The maximum atomic E-state index is 12.8. The third-order valence-electron chi connectivity index (χ3n) is 3.97. The van der Waals surface area contributed by atoms with E-state index in [9.17, 15) is 24.8 Å². The number of hydrogen-bond donors (Lipinski definition) is 0. The molecule has 0 fully saturated rings. The first-order valence-corrected chi connectivity index (χ1v) is 8.77. The summed E-state index contributed by atoms with van der Waals surface area (Å²) < 4.78 is 22.5. The Morgan fingerprint density at radius 2 is 1.68 bits per heavy atom. The van der Waals surface area contributed by atoms with Gasteiger partial charge in [0.25, 0.3) is 0 Å². The molecule has 0 spiro atoms. The molecule has 0 aliphatic rings. The lowest BCUT2D eigenvalue weighted by molar-refractivity contribution is -0.575. The van der Waals surface area contributed by atoms with Crippen LogP contribution < -0.4 is 0 Å². The van der Waals surface area contributed by atoms with Crippen molar-refractivity contribution in [2.75, 3.05) is 20.8 Å². The summed E-state index contributed by atoms with van der Waals surface area (Å²) in [6.45, 7) is 2.79. The third-order valence-corrected chi connectivity index (χ3v) is 6.73. The average Bonchev–Trinajstić information content (AvgIpc) is 2.47. The first-order valence-electron chi connectivity index (χ1n) is 7.23. The molecule has 130 valence electrons. The maximum absolute atomic E-state index is 12.8. The minimum atomic E-state index is -4.14. The van der Waals surface area contributed by atoms with E-state index in [4.69, 9.17) is 9.05 Å². The van der Waals surface area contributed by atoms with Crippen molar-refractivity contribution >= 4 is 7.60 Å². The molecule has 0 aromatic carbocycles. The topological polar surface area (TPSA) is 122 Å². The minimum Gasteiger partial charge on any atom is -0.307 e. The lowest BCUT2D eigenvalue weighted by Gasteiger charge is -2.33. The number of nitro groups is 2. The Morgan fingerprint density at radius 1 is 1.14 bits per heavy atom. The molecule has 0 bridgehead atoms. The van der Waals surface area contributed by atoms with E-state index in [0.717, 1.165) is 27.1 Å². The van der Waals surface area contributed by atoms with Crippen molar-refractivity contribution < 1.29 is 23.5 Å². The Labute approximate surface area is 130 Å². The van der Waals surface area contributed by atoms with E-state index in [1.807, 2.05) is 6.92 Å². The predicted octanol–water partition coefficient (Wildman–Crippen LogP) is 3.33. The third kappa shape index (κ3) is 4.24. The molecule has 0 amide bonds. The summed E-state index contributed by atoms with van der Waals surface area (Å²) in [4.78, 5) is 21.3. The zero-order valence-corrected chi connectivity index (χ0v) is 14.4. The highest BCUT2D eigenvalue weighted by Gasteiger charge is 2.66. The first-order chi connectivity index (χ1) is 10.3. The van der Waals surface area contributed by atoms with Crippen molar-refractivity contribution in [2.24, 2.45) is 5.92 Å². The fourth-order valence-corrected chi connectivity index (χ4v) is 4.79. The normalized spacial score (nSPS) is 16.0. The van der Waals surface area contributed by atoms with E-state index in [0.29, 0.717) is 6.42 Å². The van der Waals surface area contributed by atoms with Gasteiger partial charge in [0.1, 0.15) is 5.92 Å². The van der Waals surface area contributed by atoms with Gasteiger partial charge in [0, 0.05) is 30.5 Å². The molecule has 0 rings (SSSR count). The van der Waals surface area contributed by atoms with E-state index in [-0.39, 0.29) is 12.8 Å². The zero-order chi connectivity index (χ0) is 17.4. The lowest BCUT2D eigenvalue weighted by Crippen LogP contribution is -2.48. The van der Waals surface area contributed by atoms with Gasteiger partial charge in [-0.1, -0.05) is 33.1 Å². The molecule has 22 heavy (non-hydrogen) atoms. The van der Waals surface area contributed by atoms with E-state index in [1.165, 1.54) is 6.92 Å². The van der Waals surface area contributed by atoms with Crippen LogP contribution in [-0.2, 0) is 13.6 Å². The molecule has 10 heteroatoms. The van der Waals surface area contributed by atoms with E-state index >= 15 is 0 Å². The van der Waals surface area contributed by atoms with E-state index < -0.39 is 35.2 Å². The molecule has 9 nitrogen and oxygen atoms in total. The second-order valence-electron chi connectivity index (χ2n) is 5.06. The molecule has 0 aliphatic carbocycles. The van der Waals surface area contributed by atoms with Gasteiger partial charge in [-0.15, -0.1) is 0 Å². The number of unbranched alkanes of at least 4 members (excludes halogenated alkanes) is 2. The molecular formula is C12H25N2O7P. The Kier molecular flexibility index (Phi) is 8.73. The van der Waals surface area contributed by atoms with Crippen LogP contribution >= 0.6 is 7.60 Å². The predicted molar refractivity (Wildman–Crippen MR) is 81.1 cm³/mol. The van der Waals surface area contributed by atoms with Crippen molar-refractivity contribution in [3.63, 3.8) is 0 Å². The molecular weight excluding hydrogens is 315 g/mol. The second-order valence-corrected chi connectivity index (χ2v) is 7.56. The van der Waals surface area contributed by atoms with Crippen LogP contribution in [0.4, 0.5) is 0 Å². The van der Waals surface area contributed by atoms with Gasteiger partial charge in [0.15, 0.2) is 0 Å². The minimum absolute atomic E-state index is 0.177. The summed E-state index contributed by atoms with van der Waals surface area (Å²) in [6, 6.07) is 0. The molecule has 0 N–H and O–H groups in total. The summed E-state index contributed by atoms with van der Waals surface area (Å²) in [6.07, 6.45) is 2.28. The molecule has 0 aliphatic heterocycles. The zero-order valence-electron chi connectivity index (χ0n) is 13.5. The van der Waals surface area contributed by atoms with E-state index in [2.05, 4.69) is 0 Å². The van der Waals surface area contributed by atoms with Crippen molar-refractivity contribution in [1.82, 2.24) is 0 Å². The van der Waals surface area contributed by atoms with Gasteiger partial charge < -0.3 is 9.05 Å². The van der Waals surface area contributed by atoms with Gasteiger partial charge in [0.2, 0.25) is 6.54 Å². The smallest absolute Gasteiger partial charge is 0.307 e. The van der Waals surface area contributed by atoms with Crippen molar-refractivity contribution in [1.29, 1.82) is 0 Å². The maximum Gasteiger partial charge on any atom is 0.406 e. The number of rotatable bonds is 12. The monoisotopic (exact) mass is 340 g/mol. The molecule has 0 aromatic heterocycles. The van der Waals surface area contributed by atoms with E-state index in [1.54, 1.807) is 0 Å². The average molecular weight is 340 g/mol. The van der Waals surface area contributed by atoms with Gasteiger partial charge in [-0.2, -0.15) is 0 Å². The van der Waals surface area contributed by atoms with Crippen LogP contribution in [0.25, 0.3) is 0 Å².